The van der Waals surface area contributed by atoms with E-state index in [1.165, 1.54) is 5.56 Å². The van der Waals surface area contributed by atoms with E-state index in [2.05, 4.69) is 49.9 Å². The van der Waals surface area contributed by atoms with Gasteiger partial charge in [0.1, 0.15) is 5.60 Å². The molecule has 9 heteroatoms. The minimum Gasteiger partial charge on any atom is -0.444 e. The number of anilines is 1. The number of hydrogen-bond donors (Lipinski definition) is 0. The molecule has 0 bridgehead atoms. The second kappa shape index (κ2) is 9.37. The number of hydrogen-bond acceptors (Lipinski definition) is 8. The molecule has 0 spiro atoms. The number of benzene rings is 1. The zero-order chi connectivity index (χ0) is 24.6. The Bertz CT molecular complexity index is 1220. The number of fused-ring (bicyclic) bond motifs is 2. The van der Waals surface area contributed by atoms with Gasteiger partial charge < -0.3 is 14.5 Å². The second-order valence-corrected chi connectivity index (χ2v) is 10.3. The van der Waals surface area contributed by atoms with Crippen molar-refractivity contribution in [1.82, 2.24) is 29.7 Å². The molecule has 2 aliphatic heterocycles. The van der Waals surface area contributed by atoms with Crippen LogP contribution in [0.2, 0.25) is 0 Å². The first-order chi connectivity index (χ1) is 16.8. The molecule has 5 rings (SSSR count). The lowest BCUT2D eigenvalue weighted by atomic mass is 10.0. The Labute approximate surface area is 206 Å². The standard InChI is InChI=1S/C26H33N7O2/c1-18(19-5-6-22-23(15-19)28-9-8-27-22)31-11-13-32(14-12-31)24-29-16-20-17-33(10-7-21(20)30-24)25(34)35-26(2,3)4/h5-6,8-9,15-16,18H,7,10-14,17H2,1-4H3. The van der Waals surface area contributed by atoms with Crippen LogP contribution >= 0.6 is 0 Å². The van der Waals surface area contributed by atoms with E-state index in [1.807, 2.05) is 27.0 Å². The number of carbonyl (C=O) groups is 1. The molecule has 0 N–H and O–H groups in total. The molecule has 2 aromatic heterocycles. The fourth-order valence-corrected chi connectivity index (χ4v) is 4.70. The van der Waals surface area contributed by atoms with Gasteiger partial charge in [0, 0.05) is 69.3 Å². The number of ether oxygens (including phenoxy) is 1. The smallest absolute Gasteiger partial charge is 0.410 e. The highest BCUT2D eigenvalue weighted by atomic mass is 16.6. The number of rotatable bonds is 3. The lowest BCUT2D eigenvalue weighted by Crippen LogP contribution is -2.48. The van der Waals surface area contributed by atoms with Gasteiger partial charge in [-0.3, -0.25) is 14.9 Å². The number of carbonyl (C=O) groups excluding carboxylic acids is 1. The quantitative estimate of drug-likeness (QED) is 0.568. The lowest BCUT2D eigenvalue weighted by Gasteiger charge is -2.38. The van der Waals surface area contributed by atoms with Crippen molar-refractivity contribution in [3.05, 3.63) is 53.6 Å². The van der Waals surface area contributed by atoms with E-state index < -0.39 is 5.60 Å². The molecule has 1 atom stereocenters. The number of aromatic nitrogens is 4. The molecular weight excluding hydrogens is 442 g/mol. The summed E-state index contributed by atoms with van der Waals surface area (Å²) >= 11 is 0. The first-order valence-electron chi connectivity index (χ1n) is 12.3. The first-order valence-corrected chi connectivity index (χ1v) is 12.3. The summed E-state index contributed by atoms with van der Waals surface area (Å²) in [4.78, 5) is 37.3. The molecule has 184 valence electrons. The molecule has 1 aromatic carbocycles. The van der Waals surface area contributed by atoms with E-state index >= 15 is 0 Å². The van der Waals surface area contributed by atoms with Crippen molar-refractivity contribution in [3.8, 4) is 0 Å². The molecule has 4 heterocycles. The summed E-state index contributed by atoms with van der Waals surface area (Å²) in [6.45, 7) is 12.6. The third-order valence-electron chi connectivity index (χ3n) is 6.69. The molecule has 2 aliphatic rings. The summed E-state index contributed by atoms with van der Waals surface area (Å²) < 4.78 is 5.52. The molecule has 1 unspecified atom stereocenters. The highest BCUT2D eigenvalue weighted by Crippen LogP contribution is 2.26. The van der Waals surface area contributed by atoms with E-state index in [-0.39, 0.29) is 6.09 Å². The van der Waals surface area contributed by atoms with E-state index in [4.69, 9.17) is 9.72 Å². The van der Waals surface area contributed by atoms with Gasteiger partial charge in [0.2, 0.25) is 5.95 Å². The van der Waals surface area contributed by atoms with Crippen LogP contribution in [0.3, 0.4) is 0 Å². The minimum atomic E-state index is -0.500. The van der Waals surface area contributed by atoms with Crippen LogP contribution in [0.4, 0.5) is 10.7 Å². The van der Waals surface area contributed by atoms with E-state index in [9.17, 15) is 4.79 Å². The average Bonchev–Trinajstić information content (AvgIpc) is 2.86. The normalized spacial score (nSPS) is 17.8. The molecular formula is C26H33N7O2. The van der Waals surface area contributed by atoms with Crippen LogP contribution in [-0.2, 0) is 17.7 Å². The number of nitrogens with zero attached hydrogens (tertiary/aromatic N) is 7. The molecule has 1 saturated heterocycles. The van der Waals surface area contributed by atoms with Crippen LogP contribution in [0.25, 0.3) is 11.0 Å². The predicted octanol–water partition coefficient (Wildman–Crippen LogP) is 3.60. The van der Waals surface area contributed by atoms with Crippen LogP contribution < -0.4 is 4.90 Å². The molecule has 0 radical (unpaired) electrons. The Morgan fingerprint density at radius 1 is 1.00 bits per heavy atom. The van der Waals surface area contributed by atoms with Gasteiger partial charge >= 0.3 is 6.09 Å². The van der Waals surface area contributed by atoms with Crippen molar-refractivity contribution >= 4 is 23.1 Å². The fourth-order valence-electron chi connectivity index (χ4n) is 4.70. The van der Waals surface area contributed by atoms with Crippen molar-refractivity contribution in [2.45, 2.75) is 52.3 Å². The summed E-state index contributed by atoms with van der Waals surface area (Å²) in [6.07, 6.45) is 5.77. The largest absolute Gasteiger partial charge is 0.444 e. The van der Waals surface area contributed by atoms with Gasteiger partial charge in [0.05, 0.1) is 23.3 Å². The van der Waals surface area contributed by atoms with Crippen molar-refractivity contribution in [3.63, 3.8) is 0 Å². The van der Waals surface area contributed by atoms with Gasteiger partial charge in [0.25, 0.3) is 0 Å². The molecule has 35 heavy (non-hydrogen) atoms. The molecule has 9 nitrogen and oxygen atoms in total. The Morgan fingerprint density at radius 3 is 2.49 bits per heavy atom. The maximum absolute atomic E-state index is 12.4. The van der Waals surface area contributed by atoms with Gasteiger partial charge in [-0.05, 0) is 45.4 Å². The highest BCUT2D eigenvalue weighted by molar-refractivity contribution is 5.74. The van der Waals surface area contributed by atoms with Crippen LogP contribution in [0.1, 0.15) is 50.6 Å². The number of piperazine rings is 1. The summed E-state index contributed by atoms with van der Waals surface area (Å²) in [7, 11) is 0. The Morgan fingerprint density at radius 2 is 1.74 bits per heavy atom. The maximum Gasteiger partial charge on any atom is 0.410 e. The Hall–Kier alpha value is -3.33. The summed E-state index contributed by atoms with van der Waals surface area (Å²) in [5.41, 5.74) is 4.64. The minimum absolute atomic E-state index is 0.282. The Kier molecular flexibility index (Phi) is 6.27. The van der Waals surface area contributed by atoms with Crippen molar-refractivity contribution in [1.29, 1.82) is 0 Å². The van der Waals surface area contributed by atoms with Crippen LogP contribution in [0.15, 0.2) is 36.8 Å². The third-order valence-corrected chi connectivity index (χ3v) is 6.69. The number of amides is 1. The van der Waals surface area contributed by atoms with Gasteiger partial charge in [-0.15, -0.1) is 0 Å². The van der Waals surface area contributed by atoms with Crippen molar-refractivity contribution in [2.24, 2.45) is 0 Å². The van der Waals surface area contributed by atoms with Crippen LogP contribution in [0, 0.1) is 0 Å². The summed E-state index contributed by atoms with van der Waals surface area (Å²) in [5.74, 6) is 0.780. The van der Waals surface area contributed by atoms with E-state index in [1.54, 1.807) is 17.3 Å². The van der Waals surface area contributed by atoms with Crippen LogP contribution in [0.5, 0.6) is 0 Å². The molecule has 3 aromatic rings. The van der Waals surface area contributed by atoms with E-state index in [0.717, 1.165) is 54.4 Å². The summed E-state index contributed by atoms with van der Waals surface area (Å²) in [6, 6.07) is 6.65. The van der Waals surface area contributed by atoms with Gasteiger partial charge in [-0.1, -0.05) is 6.07 Å². The molecule has 1 fully saturated rings. The van der Waals surface area contributed by atoms with Crippen molar-refractivity contribution < 1.29 is 9.53 Å². The SMILES string of the molecule is CC(c1ccc2nccnc2c1)N1CCN(c2ncc3c(n2)CCN(C(=O)OC(C)(C)C)C3)CC1. The van der Waals surface area contributed by atoms with Gasteiger partial charge in [-0.25, -0.2) is 14.8 Å². The monoisotopic (exact) mass is 475 g/mol. The molecule has 0 aliphatic carbocycles. The van der Waals surface area contributed by atoms with E-state index in [0.29, 0.717) is 25.6 Å². The first kappa shape index (κ1) is 23.4. The highest BCUT2D eigenvalue weighted by Gasteiger charge is 2.28. The van der Waals surface area contributed by atoms with Gasteiger partial charge in [0.15, 0.2) is 0 Å². The predicted molar refractivity (Wildman–Crippen MR) is 134 cm³/mol. The average molecular weight is 476 g/mol. The van der Waals surface area contributed by atoms with Crippen LogP contribution in [-0.4, -0.2) is 74.2 Å². The van der Waals surface area contributed by atoms with Crippen molar-refractivity contribution in [2.75, 3.05) is 37.6 Å². The maximum atomic E-state index is 12.4. The zero-order valence-corrected chi connectivity index (χ0v) is 20.9. The molecule has 0 saturated carbocycles. The summed E-state index contributed by atoms with van der Waals surface area (Å²) in [5, 5.41) is 0. The fraction of sp³-hybridized carbons (Fsp3) is 0.500. The topological polar surface area (TPSA) is 87.6 Å². The Balaban J connectivity index is 1.20. The zero-order valence-electron chi connectivity index (χ0n) is 20.9. The van der Waals surface area contributed by atoms with Gasteiger partial charge in [-0.2, -0.15) is 0 Å². The second-order valence-electron chi connectivity index (χ2n) is 10.3. The third kappa shape index (κ3) is 5.19. The molecule has 1 amide bonds. The lowest BCUT2D eigenvalue weighted by molar-refractivity contribution is 0.0222.